The van der Waals surface area contributed by atoms with E-state index in [0.717, 1.165) is 12.0 Å². The Hall–Kier alpha value is -2.18. The first-order valence-corrected chi connectivity index (χ1v) is 10.2. The summed E-state index contributed by atoms with van der Waals surface area (Å²) in [6, 6.07) is 15.0. The molecule has 29 heavy (non-hydrogen) atoms. The van der Waals surface area contributed by atoms with Crippen molar-refractivity contribution in [2.45, 2.75) is 56.5 Å². The number of hydrogen-bond donors (Lipinski definition) is 3. The number of benzene rings is 2. The molecule has 1 fully saturated rings. The lowest BCUT2D eigenvalue weighted by atomic mass is 9.66. The van der Waals surface area contributed by atoms with E-state index in [-0.39, 0.29) is 17.8 Å². The number of carboxylic acid groups (broad SMARTS) is 1. The highest BCUT2D eigenvalue weighted by Crippen LogP contribution is 2.38. The first kappa shape index (κ1) is 21.5. The molecule has 4 N–H and O–H groups in total. The largest absolute Gasteiger partial charge is 0.480 e. The first-order chi connectivity index (χ1) is 14.0. The van der Waals surface area contributed by atoms with Gasteiger partial charge in [0.1, 0.15) is 11.4 Å². The number of halogens is 1. The normalized spacial score (nSPS) is 20.6. The molecule has 2 aromatic carbocycles. The fourth-order valence-electron chi connectivity index (χ4n) is 4.06. The van der Waals surface area contributed by atoms with E-state index in [4.69, 9.17) is 13.6 Å². The van der Waals surface area contributed by atoms with Crippen molar-refractivity contribution < 1.29 is 14.3 Å². The minimum absolute atomic E-state index is 0.0734. The molecule has 6 heteroatoms. The molecule has 0 heterocycles. The number of unbranched alkanes of at least 4 members (excludes halogenated alkanes) is 1. The lowest BCUT2D eigenvalue weighted by Crippen LogP contribution is -2.61. The average molecular weight is 394 g/mol. The number of nitrogens with one attached hydrogen (secondary N) is 1. The van der Waals surface area contributed by atoms with Crippen LogP contribution in [-0.2, 0) is 11.3 Å². The maximum absolute atomic E-state index is 14.9. The van der Waals surface area contributed by atoms with E-state index < -0.39 is 11.5 Å². The van der Waals surface area contributed by atoms with Gasteiger partial charge in [-0.1, -0.05) is 67.7 Å². The standard InChI is InChI=1S/C23H28BFN2O2/c24-12-5-4-11-23(26,22(28)29)18-13-19(14-18)27-15-17-9-6-10-20(21(17)25)16-7-2-1-3-8-16/h1-3,6-10,18-19,27H,4-5,11-15,26H2,(H,28,29). The number of hydrogen-bond acceptors (Lipinski definition) is 3. The highest BCUT2D eigenvalue weighted by atomic mass is 19.1. The van der Waals surface area contributed by atoms with Crippen LogP contribution >= 0.6 is 0 Å². The van der Waals surface area contributed by atoms with Crippen molar-refractivity contribution >= 4 is 13.8 Å². The Bertz CT molecular complexity index is 827. The molecule has 0 spiro atoms. The van der Waals surface area contributed by atoms with E-state index in [0.29, 0.717) is 49.7 Å². The van der Waals surface area contributed by atoms with Gasteiger partial charge in [0, 0.05) is 23.7 Å². The van der Waals surface area contributed by atoms with Gasteiger partial charge in [-0.05, 0) is 30.7 Å². The Labute approximate surface area is 173 Å². The molecule has 1 aliphatic carbocycles. The van der Waals surface area contributed by atoms with Crippen molar-refractivity contribution in [2.75, 3.05) is 0 Å². The molecule has 1 unspecified atom stereocenters. The van der Waals surface area contributed by atoms with Gasteiger partial charge < -0.3 is 16.2 Å². The molecular weight excluding hydrogens is 366 g/mol. The van der Waals surface area contributed by atoms with Gasteiger partial charge >= 0.3 is 5.97 Å². The second kappa shape index (κ2) is 9.55. The minimum atomic E-state index is -1.20. The SMILES string of the molecule is [B]CCCCC(N)(C(=O)O)C1CC(NCc2cccc(-c3ccccc3)c2F)C1. The smallest absolute Gasteiger partial charge is 0.323 e. The molecule has 3 rings (SSSR count). The van der Waals surface area contributed by atoms with Gasteiger partial charge in [0.25, 0.3) is 0 Å². The van der Waals surface area contributed by atoms with Crippen molar-refractivity contribution in [3.8, 4) is 11.1 Å². The Morgan fingerprint density at radius 3 is 2.55 bits per heavy atom. The molecule has 1 saturated carbocycles. The number of rotatable bonds is 10. The monoisotopic (exact) mass is 394 g/mol. The van der Waals surface area contributed by atoms with Crippen LogP contribution in [0.3, 0.4) is 0 Å². The second-order valence-electron chi connectivity index (χ2n) is 7.98. The second-order valence-corrected chi connectivity index (χ2v) is 7.98. The maximum atomic E-state index is 14.9. The Balaban J connectivity index is 1.57. The van der Waals surface area contributed by atoms with E-state index in [1.54, 1.807) is 12.1 Å². The summed E-state index contributed by atoms with van der Waals surface area (Å²) in [7, 11) is 5.50. The number of carbonyl (C=O) groups is 1. The van der Waals surface area contributed by atoms with Crippen LogP contribution in [0.2, 0.25) is 6.32 Å². The molecule has 4 nitrogen and oxygen atoms in total. The average Bonchev–Trinajstić information content (AvgIpc) is 2.68. The zero-order chi connectivity index (χ0) is 20.9. The third-order valence-electron chi connectivity index (χ3n) is 6.05. The minimum Gasteiger partial charge on any atom is -0.480 e. The summed E-state index contributed by atoms with van der Waals surface area (Å²) in [5.41, 5.74) is 7.08. The Morgan fingerprint density at radius 1 is 1.17 bits per heavy atom. The lowest BCUT2D eigenvalue weighted by molar-refractivity contribution is -0.148. The summed E-state index contributed by atoms with van der Waals surface area (Å²) < 4.78 is 14.9. The molecule has 0 amide bonds. The van der Waals surface area contributed by atoms with Crippen LogP contribution in [0, 0.1) is 11.7 Å². The van der Waals surface area contributed by atoms with Crippen molar-refractivity contribution in [2.24, 2.45) is 11.7 Å². The fraction of sp³-hybridized carbons (Fsp3) is 0.435. The zero-order valence-electron chi connectivity index (χ0n) is 16.6. The van der Waals surface area contributed by atoms with E-state index in [1.165, 1.54) is 0 Å². The van der Waals surface area contributed by atoms with Crippen molar-refractivity contribution in [3.05, 3.63) is 59.9 Å². The molecule has 1 aliphatic rings. The zero-order valence-corrected chi connectivity index (χ0v) is 16.6. The molecular formula is C23H28BFN2O2. The summed E-state index contributed by atoms with van der Waals surface area (Å²) in [5.74, 6) is -1.24. The third kappa shape index (κ3) is 4.88. The van der Waals surface area contributed by atoms with Gasteiger partial charge in [-0.3, -0.25) is 4.79 Å². The highest BCUT2D eigenvalue weighted by molar-refractivity contribution is 6.08. The van der Waals surface area contributed by atoms with Gasteiger partial charge in [0.2, 0.25) is 0 Å². The predicted octanol–water partition coefficient (Wildman–Crippen LogP) is 3.90. The summed E-state index contributed by atoms with van der Waals surface area (Å²) in [6.07, 6.45) is 3.84. The van der Waals surface area contributed by atoms with Crippen LogP contribution in [0.1, 0.15) is 37.7 Å². The quantitative estimate of drug-likeness (QED) is 0.422. The van der Waals surface area contributed by atoms with Crippen molar-refractivity contribution in [1.82, 2.24) is 5.32 Å². The molecule has 0 bridgehead atoms. The topological polar surface area (TPSA) is 75.4 Å². The van der Waals surface area contributed by atoms with Crippen LogP contribution in [0.5, 0.6) is 0 Å². The van der Waals surface area contributed by atoms with Gasteiger partial charge in [-0.2, -0.15) is 0 Å². The Kier molecular flexibility index (Phi) is 7.09. The third-order valence-corrected chi connectivity index (χ3v) is 6.05. The van der Waals surface area contributed by atoms with Crippen LogP contribution in [0.25, 0.3) is 11.1 Å². The summed E-state index contributed by atoms with van der Waals surface area (Å²) in [5, 5.41) is 13.0. The lowest BCUT2D eigenvalue weighted by Gasteiger charge is -2.45. The van der Waals surface area contributed by atoms with E-state index >= 15 is 0 Å². The van der Waals surface area contributed by atoms with Gasteiger partial charge in [0.05, 0.1) is 7.85 Å². The Morgan fingerprint density at radius 2 is 1.90 bits per heavy atom. The van der Waals surface area contributed by atoms with Crippen LogP contribution in [-0.4, -0.2) is 30.5 Å². The number of nitrogens with two attached hydrogens (primary N) is 1. The fourth-order valence-corrected chi connectivity index (χ4v) is 4.06. The van der Waals surface area contributed by atoms with Gasteiger partial charge in [-0.15, -0.1) is 0 Å². The summed E-state index contributed by atoms with van der Waals surface area (Å²) >= 11 is 0. The first-order valence-electron chi connectivity index (χ1n) is 10.2. The van der Waals surface area contributed by atoms with Crippen LogP contribution in [0.15, 0.2) is 48.5 Å². The van der Waals surface area contributed by atoms with Crippen molar-refractivity contribution in [1.29, 1.82) is 0 Å². The number of carboxylic acids is 1. The van der Waals surface area contributed by atoms with Crippen LogP contribution in [0.4, 0.5) is 4.39 Å². The highest BCUT2D eigenvalue weighted by Gasteiger charge is 2.47. The maximum Gasteiger partial charge on any atom is 0.323 e. The van der Waals surface area contributed by atoms with E-state index in [2.05, 4.69) is 5.32 Å². The molecule has 2 radical (unpaired) electrons. The summed E-state index contributed by atoms with van der Waals surface area (Å²) in [4.78, 5) is 11.7. The molecule has 0 aliphatic heterocycles. The number of aliphatic carboxylic acids is 1. The van der Waals surface area contributed by atoms with E-state index in [9.17, 15) is 14.3 Å². The van der Waals surface area contributed by atoms with Crippen LogP contribution < -0.4 is 11.1 Å². The summed E-state index contributed by atoms with van der Waals surface area (Å²) in [6.45, 7) is 0.404. The molecule has 0 saturated heterocycles. The van der Waals surface area contributed by atoms with E-state index in [1.807, 2.05) is 36.4 Å². The molecule has 0 aromatic heterocycles. The van der Waals surface area contributed by atoms with Crippen molar-refractivity contribution in [3.63, 3.8) is 0 Å². The molecule has 1 atom stereocenters. The molecule has 2 aromatic rings. The van der Waals surface area contributed by atoms with Gasteiger partial charge in [0.15, 0.2) is 0 Å². The predicted molar refractivity (Wildman–Crippen MR) is 114 cm³/mol. The molecule has 152 valence electrons. The van der Waals surface area contributed by atoms with Gasteiger partial charge in [-0.25, -0.2) is 4.39 Å².